The number of alkyl halides is 2. The summed E-state index contributed by atoms with van der Waals surface area (Å²) in [4.78, 5) is 0. The van der Waals surface area contributed by atoms with Crippen molar-refractivity contribution in [3.05, 3.63) is 101 Å². The van der Waals surface area contributed by atoms with Crippen LogP contribution in [0.4, 0.5) is 30.7 Å². The van der Waals surface area contributed by atoms with Crippen molar-refractivity contribution < 1.29 is 35.5 Å². The van der Waals surface area contributed by atoms with Crippen molar-refractivity contribution >= 4 is 0 Å². The number of ether oxygens (including phenoxy) is 1. The van der Waals surface area contributed by atoms with Gasteiger partial charge in [-0.15, -0.1) is 0 Å². The molecule has 0 aromatic heterocycles. The largest absolute Gasteiger partial charge is 0.426 e. The van der Waals surface area contributed by atoms with E-state index in [1.54, 1.807) is 12.1 Å². The monoisotopic (exact) mass is 478 g/mol. The minimum Gasteiger partial charge on any atom is -0.426 e. The van der Waals surface area contributed by atoms with Gasteiger partial charge < -0.3 is 4.74 Å². The first-order valence-corrected chi connectivity index (χ1v) is 10.6. The average molecular weight is 478 g/mol. The molecule has 1 saturated carbocycles. The Morgan fingerprint density at radius 1 is 0.824 bits per heavy atom. The lowest BCUT2D eigenvalue weighted by atomic mass is 9.80. The van der Waals surface area contributed by atoms with Gasteiger partial charge in [0.15, 0.2) is 29.0 Å². The van der Waals surface area contributed by atoms with Gasteiger partial charge in [0.1, 0.15) is 0 Å². The van der Waals surface area contributed by atoms with Crippen LogP contribution in [0.25, 0.3) is 11.1 Å². The number of hydrogen-bond acceptors (Lipinski definition) is 1. The topological polar surface area (TPSA) is 9.23 Å². The van der Waals surface area contributed by atoms with E-state index >= 15 is 0 Å². The van der Waals surface area contributed by atoms with E-state index in [9.17, 15) is 30.7 Å². The van der Waals surface area contributed by atoms with Gasteiger partial charge in [0.25, 0.3) is 0 Å². The summed E-state index contributed by atoms with van der Waals surface area (Å²) in [5.41, 5.74) is -0.936. The maximum Gasteiger partial charge on any atom is 0.426 e. The van der Waals surface area contributed by atoms with Crippen LogP contribution in [-0.2, 0) is 11.5 Å². The van der Waals surface area contributed by atoms with E-state index in [2.05, 4.69) is 16.9 Å². The summed E-state index contributed by atoms with van der Waals surface area (Å²) in [5.74, 6) is -9.01. The smallest absolute Gasteiger partial charge is 0.426 e. The van der Waals surface area contributed by atoms with Gasteiger partial charge in [-0.1, -0.05) is 24.3 Å². The van der Waals surface area contributed by atoms with Crippen molar-refractivity contribution in [1.82, 2.24) is 0 Å². The minimum absolute atomic E-state index is 0.149. The van der Waals surface area contributed by atoms with E-state index in [1.807, 2.05) is 0 Å². The molecule has 3 aromatic rings. The fourth-order valence-corrected chi connectivity index (χ4v) is 4.85. The van der Waals surface area contributed by atoms with E-state index in [0.29, 0.717) is 18.1 Å². The van der Waals surface area contributed by atoms with Crippen molar-refractivity contribution in [3.8, 4) is 16.9 Å². The molecule has 2 aliphatic carbocycles. The molecule has 0 spiro atoms. The van der Waals surface area contributed by atoms with E-state index in [0.717, 1.165) is 37.0 Å². The number of rotatable bonds is 5. The molecule has 3 aromatic carbocycles. The average Bonchev–Trinajstić information content (AvgIpc) is 3.43. The van der Waals surface area contributed by atoms with E-state index < -0.39 is 57.6 Å². The molecule has 0 N–H and O–H groups in total. The Bertz CT molecular complexity index is 1280. The highest BCUT2D eigenvalue weighted by Crippen LogP contribution is 2.51. The zero-order valence-corrected chi connectivity index (χ0v) is 17.5. The zero-order valence-electron chi connectivity index (χ0n) is 17.5. The Balaban J connectivity index is 1.40. The number of hydrogen-bond donors (Lipinski definition) is 0. The third-order valence-corrected chi connectivity index (χ3v) is 6.65. The van der Waals surface area contributed by atoms with Gasteiger partial charge in [0, 0.05) is 11.0 Å². The summed E-state index contributed by atoms with van der Waals surface area (Å²) in [7, 11) is 0. The first-order chi connectivity index (χ1) is 16.1. The minimum atomic E-state index is -3.98. The predicted molar refractivity (Wildman–Crippen MR) is 111 cm³/mol. The standard InChI is InChI=1S/C26H17F7O/c27-19-11-15(12-20(28)23(19)30)18-5-6-21(24(31)22(18)29)34-26(32,33)17-3-1-16(2-4-17)25-9-7-14(13-25)8-10-25/h1-7,9,11-12,14H,8,10,13H2/t14?,25-/m1/s1. The molecule has 2 atom stereocenters. The number of allylic oxidation sites excluding steroid dienone is 2. The maximum atomic E-state index is 14.8. The van der Waals surface area contributed by atoms with Crippen LogP contribution in [0.5, 0.6) is 5.75 Å². The maximum absolute atomic E-state index is 14.8. The number of fused-ring (bicyclic) bond motifs is 2. The van der Waals surface area contributed by atoms with Crippen molar-refractivity contribution in [3.63, 3.8) is 0 Å². The van der Waals surface area contributed by atoms with Gasteiger partial charge in [-0.25, -0.2) is 17.6 Å². The molecule has 2 bridgehead atoms. The normalized spacial score (nSPS) is 21.3. The lowest BCUT2D eigenvalue weighted by molar-refractivity contribution is -0.187. The second kappa shape index (κ2) is 7.89. The molecule has 1 fully saturated rings. The molecule has 34 heavy (non-hydrogen) atoms. The summed E-state index contributed by atoms with van der Waals surface area (Å²) in [5, 5.41) is 0. The summed E-state index contributed by atoms with van der Waals surface area (Å²) in [6, 6.07) is 8.03. The van der Waals surface area contributed by atoms with Crippen molar-refractivity contribution in [1.29, 1.82) is 0 Å². The molecule has 0 aliphatic heterocycles. The molecule has 2 aliphatic rings. The lowest BCUT2D eigenvalue weighted by Crippen LogP contribution is -2.23. The zero-order chi connectivity index (χ0) is 24.3. The number of halogens is 7. The van der Waals surface area contributed by atoms with Crippen molar-refractivity contribution in [2.45, 2.75) is 30.8 Å². The van der Waals surface area contributed by atoms with Crippen LogP contribution in [0.1, 0.15) is 30.4 Å². The quantitative estimate of drug-likeness (QED) is 0.207. The number of benzene rings is 3. The first kappa shape index (κ1) is 22.5. The van der Waals surface area contributed by atoms with Crippen LogP contribution in [0, 0.1) is 35.0 Å². The Kier molecular flexibility index (Phi) is 5.22. The Labute approximate surface area is 190 Å². The van der Waals surface area contributed by atoms with Gasteiger partial charge in [0.2, 0.25) is 5.82 Å². The second-order valence-corrected chi connectivity index (χ2v) is 8.71. The van der Waals surface area contributed by atoms with Gasteiger partial charge in [0.05, 0.1) is 5.56 Å². The van der Waals surface area contributed by atoms with Gasteiger partial charge >= 0.3 is 6.11 Å². The fraction of sp³-hybridized carbons (Fsp3) is 0.231. The van der Waals surface area contributed by atoms with E-state index in [4.69, 9.17) is 0 Å². The summed E-state index contributed by atoms with van der Waals surface area (Å²) in [6.07, 6.45) is 3.21. The second-order valence-electron chi connectivity index (χ2n) is 8.71. The molecule has 8 heteroatoms. The molecule has 1 unspecified atom stereocenters. The Morgan fingerprint density at radius 2 is 1.50 bits per heavy atom. The molecule has 0 saturated heterocycles. The van der Waals surface area contributed by atoms with E-state index in [1.165, 1.54) is 12.1 Å². The molecule has 1 nitrogen and oxygen atoms in total. The summed E-state index contributed by atoms with van der Waals surface area (Å²) in [6.45, 7) is 0. The molecule has 0 radical (unpaired) electrons. The summed E-state index contributed by atoms with van der Waals surface area (Å²) < 4.78 is 103. The third-order valence-electron chi connectivity index (χ3n) is 6.65. The van der Waals surface area contributed by atoms with Gasteiger partial charge in [-0.05, 0) is 72.7 Å². The van der Waals surface area contributed by atoms with Gasteiger partial charge in [-0.3, -0.25) is 0 Å². The van der Waals surface area contributed by atoms with Crippen molar-refractivity contribution in [2.75, 3.05) is 0 Å². The molecule has 0 heterocycles. The first-order valence-electron chi connectivity index (χ1n) is 10.6. The molecular weight excluding hydrogens is 461 g/mol. The van der Waals surface area contributed by atoms with Crippen LogP contribution < -0.4 is 4.74 Å². The van der Waals surface area contributed by atoms with E-state index in [-0.39, 0.29) is 5.41 Å². The molecule has 5 rings (SSSR count). The highest BCUT2D eigenvalue weighted by atomic mass is 19.3. The SMILES string of the molecule is Fc1cc(-c2ccc(OC(F)(F)c3ccc([C@]45C=CC(CC4)C5)cc3)c(F)c2F)cc(F)c1F. The van der Waals surface area contributed by atoms with Crippen molar-refractivity contribution in [2.24, 2.45) is 5.92 Å². The van der Waals surface area contributed by atoms with Crippen LogP contribution in [-0.4, -0.2) is 0 Å². The van der Waals surface area contributed by atoms with Crippen LogP contribution in [0.15, 0.2) is 60.7 Å². The highest BCUT2D eigenvalue weighted by molar-refractivity contribution is 5.65. The highest BCUT2D eigenvalue weighted by Gasteiger charge is 2.42. The molecule has 176 valence electrons. The molecule has 0 amide bonds. The summed E-state index contributed by atoms with van der Waals surface area (Å²) >= 11 is 0. The van der Waals surface area contributed by atoms with Crippen LogP contribution in [0.2, 0.25) is 0 Å². The molecular formula is C26H17F7O. The fourth-order valence-electron chi connectivity index (χ4n) is 4.85. The Hall–Kier alpha value is -3.29. The van der Waals surface area contributed by atoms with Gasteiger partial charge in [-0.2, -0.15) is 13.2 Å². The third kappa shape index (κ3) is 3.65. The van der Waals surface area contributed by atoms with Crippen LogP contribution >= 0.6 is 0 Å². The predicted octanol–water partition coefficient (Wildman–Crippen LogP) is 7.79. The van der Waals surface area contributed by atoms with Crippen LogP contribution in [0.3, 0.4) is 0 Å². The Morgan fingerprint density at radius 3 is 2.06 bits per heavy atom. The lowest BCUT2D eigenvalue weighted by Gasteiger charge is -2.25.